The minimum absolute atomic E-state index is 0.0118. The fourth-order valence-electron chi connectivity index (χ4n) is 2.38. The molecule has 23 heavy (non-hydrogen) atoms. The van der Waals surface area contributed by atoms with Gasteiger partial charge in [-0.05, 0) is 32.9 Å². The van der Waals surface area contributed by atoms with Gasteiger partial charge in [-0.1, -0.05) is 0 Å². The Hall–Kier alpha value is -2.70. The molecule has 7 nitrogen and oxygen atoms in total. The molecule has 0 saturated heterocycles. The molecule has 1 amide bonds. The third kappa shape index (κ3) is 3.56. The second kappa shape index (κ2) is 6.60. The number of aliphatic carboxylic acids is 1. The maximum absolute atomic E-state index is 12.5. The van der Waals surface area contributed by atoms with Gasteiger partial charge in [0.15, 0.2) is 0 Å². The molecule has 0 aliphatic rings. The van der Waals surface area contributed by atoms with E-state index in [1.54, 1.807) is 23.6 Å². The van der Waals surface area contributed by atoms with Crippen LogP contribution in [0.25, 0.3) is 11.0 Å². The lowest BCUT2D eigenvalue weighted by atomic mass is 10.1. The highest BCUT2D eigenvalue weighted by Crippen LogP contribution is 2.11. The van der Waals surface area contributed by atoms with E-state index in [2.05, 4.69) is 10.3 Å². The fraction of sp³-hybridized carbons (Fsp3) is 0.375. The van der Waals surface area contributed by atoms with Gasteiger partial charge in [-0.15, -0.1) is 0 Å². The Morgan fingerprint density at radius 3 is 2.70 bits per heavy atom. The number of carbonyl (C=O) groups excluding carboxylic acids is 1. The number of hydrogen-bond acceptors (Lipinski definition) is 4. The van der Waals surface area contributed by atoms with Crippen molar-refractivity contribution in [1.29, 1.82) is 0 Å². The van der Waals surface area contributed by atoms with E-state index < -0.39 is 23.3 Å². The van der Waals surface area contributed by atoms with E-state index in [0.717, 1.165) is 5.69 Å². The van der Waals surface area contributed by atoms with Crippen LogP contribution in [0.15, 0.2) is 23.1 Å². The number of carboxylic acids is 1. The predicted octanol–water partition coefficient (Wildman–Crippen LogP) is 1.32. The molecule has 0 aromatic carbocycles. The SMILES string of the molecule is CCn1cc(C(=O)NC(C)CC(=O)O)c(=O)c2ccc(C)nc21. The minimum atomic E-state index is -1.01. The molecule has 0 fully saturated rings. The summed E-state index contributed by atoms with van der Waals surface area (Å²) in [6.45, 7) is 5.86. The van der Waals surface area contributed by atoms with Crippen molar-refractivity contribution in [2.45, 2.75) is 39.8 Å². The van der Waals surface area contributed by atoms with Gasteiger partial charge in [0.2, 0.25) is 5.43 Å². The summed E-state index contributed by atoms with van der Waals surface area (Å²) >= 11 is 0. The molecule has 2 aromatic rings. The zero-order chi connectivity index (χ0) is 17.1. The van der Waals surface area contributed by atoms with Crippen LogP contribution in [0.2, 0.25) is 0 Å². The zero-order valence-corrected chi connectivity index (χ0v) is 13.3. The summed E-state index contributed by atoms with van der Waals surface area (Å²) in [5, 5.41) is 11.7. The Kier molecular flexibility index (Phi) is 4.78. The van der Waals surface area contributed by atoms with E-state index in [0.29, 0.717) is 17.6 Å². The molecule has 0 radical (unpaired) electrons. The van der Waals surface area contributed by atoms with Crippen molar-refractivity contribution < 1.29 is 14.7 Å². The van der Waals surface area contributed by atoms with Crippen molar-refractivity contribution in [2.24, 2.45) is 0 Å². The molecular weight excluding hydrogens is 298 g/mol. The molecule has 0 saturated carbocycles. The third-order valence-corrected chi connectivity index (χ3v) is 3.50. The first-order chi connectivity index (χ1) is 10.8. The lowest BCUT2D eigenvalue weighted by molar-refractivity contribution is -0.137. The molecule has 1 atom stereocenters. The van der Waals surface area contributed by atoms with Crippen molar-refractivity contribution in [2.75, 3.05) is 0 Å². The number of aromatic nitrogens is 2. The fourth-order valence-corrected chi connectivity index (χ4v) is 2.38. The van der Waals surface area contributed by atoms with Gasteiger partial charge < -0.3 is 15.0 Å². The molecule has 2 heterocycles. The van der Waals surface area contributed by atoms with Crippen molar-refractivity contribution in [3.63, 3.8) is 0 Å². The Morgan fingerprint density at radius 2 is 2.09 bits per heavy atom. The van der Waals surface area contributed by atoms with E-state index in [-0.39, 0.29) is 12.0 Å². The lowest BCUT2D eigenvalue weighted by Crippen LogP contribution is -2.37. The summed E-state index contributed by atoms with van der Waals surface area (Å²) in [5.74, 6) is -1.59. The number of rotatable bonds is 5. The number of carboxylic acid groups (broad SMARTS) is 1. The summed E-state index contributed by atoms with van der Waals surface area (Å²) in [4.78, 5) is 39.9. The van der Waals surface area contributed by atoms with Crippen LogP contribution in [0.4, 0.5) is 0 Å². The van der Waals surface area contributed by atoms with Crippen LogP contribution in [0.5, 0.6) is 0 Å². The van der Waals surface area contributed by atoms with Gasteiger partial charge in [0, 0.05) is 24.5 Å². The van der Waals surface area contributed by atoms with Crippen LogP contribution in [0, 0.1) is 6.92 Å². The molecule has 0 aliphatic carbocycles. The van der Waals surface area contributed by atoms with E-state index in [1.165, 1.54) is 6.20 Å². The number of amides is 1. The minimum Gasteiger partial charge on any atom is -0.481 e. The van der Waals surface area contributed by atoms with Crippen LogP contribution in [-0.2, 0) is 11.3 Å². The van der Waals surface area contributed by atoms with Gasteiger partial charge in [-0.3, -0.25) is 14.4 Å². The van der Waals surface area contributed by atoms with Crippen LogP contribution in [-0.4, -0.2) is 32.6 Å². The van der Waals surface area contributed by atoms with Gasteiger partial charge in [-0.25, -0.2) is 4.98 Å². The molecule has 2 N–H and O–H groups in total. The Morgan fingerprint density at radius 1 is 1.39 bits per heavy atom. The summed E-state index contributed by atoms with van der Waals surface area (Å²) in [6.07, 6.45) is 1.27. The summed E-state index contributed by atoms with van der Waals surface area (Å²) < 4.78 is 1.74. The zero-order valence-electron chi connectivity index (χ0n) is 13.3. The second-order valence-corrected chi connectivity index (χ2v) is 5.45. The molecule has 1 unspecified atom stereocenters. The van der Waals surface area contributed by atoms with Crippen molar-refractivity contribution in [1.82, 2.24) is 14.9 Å². The molecule has 122 valence electrons. The van der Waals surface area contributed by atoms with Crippen LogP contribution >= 0.6 is 0 Å². The summed E-state index contributed by atoms with van der Waals surface area (Å²) in [7, 11) is 0. The van der Waals surface area contributed by atoms with Crippen molar-refractivity contribution in [3.8, 4) is 0 Å². The lowest BCUT2D eigenvalue weighted by Gasteiger charge is -2.14. The Balaban J connectivity index is 2.47. The smallest absolute Gasteiger partial charge is 0.305 e. The number of carbonyl (C=O) groups is 2. The third-order valence-electron chi connectivity index (χ3n) is 3.50. The molecule has 0 spiro atoms. The largest absolute Gasteiger partial charge is 0.481 e. The van der Waals surface area contributed by atoms with E-state index in [9.17, 15) is 14.4 Å². The second-order valence-electron chi connectivity index (χ2n) is 5.45. The molecule has 2 rings (SSSR count). The molecule has 2 aromatic heterocycles. The molecule has 7 heteroatoms. The monoisotopic (exact) mass is 317 g/mol. The number of hydrogen-bond donors (Lipinski definition) is 2. The summed E-state index contributed by atoms with van der Waals surface area (Å²) in [6, 6.07) is 2.81. The van der Waals surface area contributed by atoms with Gasteiger partial charge in [0.05, 0.1) is 11.8 Å². The van der Waals surface area contributed by atoms with Gasteiger partial charge in [0.1, 0.15) is 11.2 Å². The highest BCUT2D eigenvalue weighted by molar-refractivity contribution is 5.97. The van der Waals surface area contributed by atoms with E-state index >= 15 is 0 Å². The number of aryl methyl sites for hydroxylation is 2. The average molecular weight is 317 g/mol. The quantitative estimate of drug-likeness (QED) is 0.866. The summed E-state index contributed by atoms with van der Waals surface area (Å²) in [5.41, 5.74) is 0.901. The first-order valence-corrected chi connectivity index (χ1v) is 7.37. The topological polar surface area (TPSA) is 101 Å². The van der Waals surface area contributed by atoms with Crippen molar-refractivity contribution in [3.05, 3.63) is 39.8 Å². The van der Waals surface area contributed by atoms with Gasteiger partial charge >= 0.3 is 5.97 Å². The molecule has 0 aliphatic heterocycles. The highest BCUT2D eigenvalue weighted by atomic mass is 16.4. The Labute approximate surface area is 133 Å². The van der Waals surface area contributed by atoms with Crippen molar-refractivity contribution >= 4 is 22.9 Å². The number of nitrogens with one attached hydrogen (secondary N) is 1. The average Bonchev–Trinajstić information content (AvgIpc) is 2.46. The Bertz CT molecular complexity index is 826. The molecular formula is C16H19N3O4. The van der Waals surface area contributed by atoms with Crippen LogP contribution in [0.1, 0.15) is 36.3 Å². The standard InChI is InChI=1S/C16H19N3O4/c1-4-19-8-12(16(23)18-10(3)7-13(20)21)14(22)11-6-5-9(2)17-15(11)19/h5-6,8,10H,4,7H2,1-3H3,(H,18,23)(H,20,21). The normalized spacial score (nSPS) is 12.1. The predicted molar refractivity (Wildman–Crippen MR) is 85.6 cm³/mol. The highest BCUT2D eigenvalue weighted by Gasteiger charge is 2.18. The molecule has 0 bridgehead atoms. The van der Waals surface area contributed by atoms with Crippen LogP contribution in [0.3, 0.4) is 0 Å². The first-order valence-electron chi connectivity index (χ1n) is 7.37. The van der Waals surface area contributed by atoms with E-state index in [4.69, 9.17) is 5.11 Å². The number of nitrogens with zero attached hydrogens (tertiary/aromatic N) is 2. The van der Waals surface area contributed by atoms with Crippen LogP contribution < -0.4 is 10.7 Å². The van der Waals surface area contributed by atoms with Gasteiger partial charge in [-0.2, -0.15) is 0 Å². The maximum atomic E-state index is 12.5. The first kappa shape index (κ1) is 16.7. The maximum Gasteiger partial charge on any atom is 0.305 e. The number of fused-ring (bicyclic) bond motifs is 1. The van der Waals surface area contributed by atoms with E-state index in [1.807, 2.05) is 13.8 Å². The van der Waals surface area contributed by atoms with Gasteiger partial charge in [0.25, 0.3) is 5.91 Å². The number of pyridine rings is 2.